The van der Waals surface area contributed by atoms with Crippen molar-refractivity contribution >= 4 is 38.7 Å². The average Bonchev–Trinajstić information content (AvgIpc) is 2.91. The van der Waals surface area contributed by atoms with Crippen molar-refractivity contribution < 1.29 is 14.4 Å². The summed E-state index contributed by atoms with van der Waals surface area (Å²) in [4.78, 5) is 29.4. The van der Waals surface area contributed by atoms with Crippen LogP contribution in [0.5, 0.6) is 11.5 Å². The lowest BCUT2D eigenvalue weighted by Crippen LogP contribution is -2.22. The van der Waals surface area contributed by atoms with E-state index in [1.165, 1.54) is 24.1 Å². The minimum atomic E-state index is -0.529. The molecule has 4 rings (SSSR count). The van der Waals surface area contributed by atoms with Crippen molar-refractivity contribution in [2.24, 2.45) is 5.10 Å². The number of rotatable bonds is 10. The van der Waals surface area contributed by atoms with Crippen LogP contribution < -0.4 is 15.0 Å². The number of benzene rings is 3. The molecule has 0 saturated heterocycles. The van der Waals surface area contributed by atoms with Crippen molar-refractivity contribution in [2.75, 3.05) is 7.11 Å². The first-order valence-electron chi connectivity index (χ1n) is 12.1. The molecule has 3 aromatic carbocycles. The van der Waals surface area contributed by atoms with Gasteiger partial charge in [0.15, 0.2) is 5.75 Å². The van der Waals surface area contributed by atoms with E-state index in [4.69, 9.17) is 9.47 Å². The lowest BCUT2D eigenvalue weighted by Gasteiger charge is -2.12. The second kappa shape index (κ2) is 12.0. The van der Waals surface area contributed by atoms with Crippen LogP contribution in [-0.2, 0) is 13.0 Å². The SMILES string of the molecule is CCCCc1nc2ccc(Br)cc2c(=O)n1N=Cc1cc(OC)c(OCc2ccc(C)cc2)c([N+](=O)[O-])c1. The lowest BCUT2D eigenvalue weighted by atomic mass is 10.1. The van der Waals surface area contributed by atoms with Crippen LogP contribution in [0.25, 0.3) is 10.9 Å². The molecular weight excluding hydrogens is 552 g/mol. The first kappa shape index (κ1) is 27.0. The smallest absolute Gasteiger partial charge is 0.315 e. The van der Waals surface area contributed by atoms with Gasteiger partial charge >= 0.3 is 5.69 Å². The maximum absolute atomic E-state index is 13.3. The summed E-state index contributed by atoms with van der Waals surface area (Å²) in [6.07, 6.45) is 3.70. The zero-order valence-corrected chi connectivity index (χ0v) is 22.9. The number of ether oxygens (including phenoxy) is 2. The summed E-state index contributed by atoms with van der Waals surface area (Å²) in [6, 6.07) is 15.9. The van der Waals surface area contributed by atoms with E-state index in [0.29, 0.717) is 28.7 Å². The fraction of sp³-hybridized carbons (Fsp3) is 0.250. The summed E-state index contributed by atoms with van der Waals surface area (Å²) < 4.78 is 13.3. The Morgan fingerprint density at radius 2 is 1.92 bits per heavy atom. The van der Waals surface area contributed by atoms with Gasteiger partial charge in [-0.2, -0.15) is 9.78 Å². The molecule has 38 heavy (non-hydrogen) atoms. The summed E-state index contributed by atoms with van der Waals surface area (Å²) in [6.45, 7) is 4.17. The fourth-order valence-corrected chi connectivity index (χ4v) is 4.25. The highest BCUT2D eigenvalue weighted by Gasteiger charge is 2.22. The van der Waals surface area contributed by atoms with Crippen LogP contribution in [0.4, 0.5) is 5.69 Å². The Morgan fingerprint density at radius 3 is 2.61 bits per heavy atom. The largest absolute Gasteiger partial charge is 0.493 e. The van der Waals surface area contributed by atoms with Crippen molar-refractivity contribution in [3.8, 4) is 11.5 Å². The van der Waals surface area contributed by atoms with Gasteiger partial charge < -0.3 is 9.47 Å². The molecule has 0 spiro atoms. The van der Waals surface area contributed by atoms with Gasteiger partial charge in [-0.1, -0.05) is 59.1 Å². The van der Waals surface area contributed by atoms with Gasteiger partial charge in [0, 0.05) is 22.5 Å². The summed E-state index contributed by atoms with van der Waals surface area (Å²) >= 11 is 3.40. The Kier molecular flexibility index (Phi) is 8.52. The van der Waals surface area contributed by atoms with E-state index in [0.717, 1.165) is 28.4 Å². The minimum Gasteiger partial charge on any atom is -0.493 e. The molecule has 0 N–H and O–H groups in total. The number of unbranched alkanes of at least 4 members (excludes halogenated alkanes) is 1. The van der Waals surface area contributed by atoms with Crippen LogP contribution in [0, 0.1) is 17.0 Å². The maximum Gasteiger partial charge on any atom is 0.315 e. The highest BCUT2D eigenvalue weighted by Crippen LogP contribution is 2.38. The maximum atomic E-state index is 13.3. The molecule has 0 fully saturated rings. The zero-order chi connectivity index (χ0) is 27.2. The number of hydrogen-bond donors (Lipinski definition) is 0. The van der Waals surface area contributed by atoms with E-state index in [9.17, 15) is 14.9 Å². The average molecular weight is 579 g/mol. The van der Waals surface area contributed by atoms with Crippen LogP contribution >= 0.6 is 15.9 Å². The number of hydrogen-bond acceptors (Lipinski definition) is 7. The first-order valence-corrected chi connectivity index (χ1v) is 12.9. The molecule has 0 bridgehead atoms. The number of aryl methyl sites for hydroxylation is 2. The van der Waals surface area contributed by atoms with Gasteiger partial charge in [0.1, 0.15) is 12.4 Å². The third kappa shape index (κ3) is 6.08. The fourth-order valence-electron chi connectivity index (χ4n) is 3.89. The standard InChI is InChI=1S/C28H27BrN4O5/c1-4-5-6-26-31-23-12-11-21(29)15-22(23)28(34)32(26)30-16-20-13-24(33(35)36)27(25(14-20)37-3)38-17-19-9-7-18(2)8-10-19/h7-16H,4-6,17H2,1-3H3. The van der Waals surface area contributed by atoms with Crippen molar-refractivity contribution in [1.29, 1.82) is 0 Å². The van der Waals surface area contributed by atoms with Crippen molar-refractivity contribution in [1.82, 2.24) is 9.66 Å². The van der Waals surface area contributed by atoms with Crippen LogP contribution in [0.15, 0.2) is 69.0 Å². The van der Waals surface area contributed by atoms with Gasteiger partial charge in [0.2, 0.25) is 5.75 Å². The molecule has 1 aromatic heterocycles. The molecule has 0 aliphatic heterocycles. The van der Waals surface area contributed by atoms with Gasteiger partial charge in [0.25, 0.3) is 5.56 Å². The molecule has 10 heteroatoms. The van der Waals surface area contributed by atoms with E-state index >= 15 is 0 Å². The van der Waals surface area contributed by atoms with E-state index in [-0.39, 0.29) is 29.4 Å². The number of fused-ring (bicyclic) bond motifs is 1. The molecule has 0 saturated carbocycles. The normalized spacial score (nSPS) is 11.3. The molecule has 0 atom stereocenters. The Hall–Kier alpha value is -4.05. The number of nitro groups is 1. The molecule has 9 nitrogen and oxygen atoms in total. The summed E-state index contributed by atoms with van der Waals surface area (Å²) in [5.74, 6) is 0.725. The van der Waals surface area contributed by atoms with Gasteiger partial charge in [-0.05, 0) is 43.2 Å². The molecule has 0 aliphatic rings. The summed E-state index contributed by atoms with van der Waals surface area (Å²) in [5.41, 5.74) is 2.34. The molecule has 0 unspecified atom stereocenters. The third-order valence-corrected chi connectivity index (χ3v) is 6.42. The number of nitro benzene ring substituents is 1. The van der Waals surface area contributed by atoms with E-state index < -0.39 is 4.92 Å². The van der Waals surface area contributed by atoms with Crippen molar-refractivity contribution in [3.05, 3.63) is 102 Å². The molecule has 4 aromatic rings. The number of nitrogens with zero attached hydrogens (tertiary/aromatic N) is 4. The molecule has 0 radical (unpaired) electrons. The summed E-state index contributed by atoms with van der Waals surface area (Å²) in [7, 11) is 1.41. The van der Waals surface area contributed by atoms with E-state index in [1.54, 1.807) is 18.2 Å². The molecular formula is C28H27BrN4O5. The van der Waals surface area contributed by atoms with Gasteiger partial charge in [-0.3, -0.25) is 14.9 Å². The second-order valence-electron chi connectivity index (χ2n) is 8.76. The van der Waals surface area contributed by atoms with Gasteiger partial charge in [-0.15, -0.1) is 0 Å². The molecule has 0 amide bonds. The lowest BCUT2D eigenvalue weighted by molar-refractivity contribution is -0.386. The predicted octanol–water partition coefficient (Wildman–Crippen LogP) is 6.19. The third-order valence-electron chi connectivity index (χ3n) is 5.93. The Labute approximate surface area is 228 Å². The minimum absolute atomic E-state index is 0.0215. The Morgan fingerprint density at radius 1 is 1.16 bits per heavy atom. The van der Waals surface area contributed by atoms with Crippen LogP contribution in [-0.4, -0.2) is 27.9 Å². The highest BCUT2D eigenvalue weighted by atomic mass is 79.9. The van der Waals surface area contributed by atoms with Gasteiger partial charge in [-0.25, -0.2) is 4.98 Å². The molecule has 0 aliphatic carbocycles. The van der Waals surface area contributed by atoms with Crippen LogP contribution in [0.2, 0.25) is 0 Å². The number of aromatic nitrogens is 2. The quantitative estimate of drug-likeness (QED) is 0.126. The van der Waals surface area contributed by atoms with Gasteiger partial charge in [0.05, 0.1) is 29.2 Å². The predicted molar refractivity (Wildman–Crippen MR) is 150 cm³/mol. The topological polar surface area (TPSA) is 109 Å². The van der Waals surface area contributed by atoms with E-state index in [2.05, 4.69) is 32.9 Å². The number of methoxy groups -OCH3 is 1. The monoisotopic (exact) mass is 578 g/mol. The van der Waals surface area contributed by atoms with Crippen molar-refractivity contribution in [3.63, 3.8) is 0 Å². The first-order chi connectivity index (χ1) is 18.3. The molecule has 1 heterocycles. The van der Waals surface area contributed by atoms with Crippen molar-refractivity contribution in [2.45, 2.75) is 39.7 Å². The summed E-state index contributed by atoms with van der Waals surface area (Å²) in [5, 5.41) is 16.7. The van der Waals surface area contributed by atoms with E-state index in [1.807, 2.05) is 37.3 Å². The number of halogens is 1. The Bertz CT molecular complexity index is 1560. The van der Waals surface area contributed by atoms with Crippen LogP contribution in [0.3, 0.4) is 0 Å². The second-order valence-corrected chi connectivity index (χ2v) is 9.67. The Balaban J connectivity index is 1.73. The van der Waals surface area contributed by atoms with Crippen LogP contribution in [0.1, 0.15) is 42.3 Å². The highest BCUT2D eigenvalue weighted by molar-refractivity contribution is 9.10. The zero-order valence-electron chi connectivity index (χ0n) is 21.3. The molecule has 196 valence electrons.